The molecule has 1 aliphatic rings. The first-order valence-electron chi connectivity index (χ1n) is 8.03. The van der Waals surface area contributed by atoms with Gasteiger partial charge in [-0.15, -0.1) is 12.4 Å². The number of nitro groups is 1. The summed E-state index contributed by atoms with van der Waals surface area (Å²) in [6, 6.07) is 2.60. The second-order valence-electron chi connectivity index (χ2n) is 5.39. The zero-order chi connectivity index (χ0) is 23.1. The summed E-state index contributed by atoms with van der Waals surface area (Å²) in [5.41, 5.74) is 20.5. The van der Waals surface area contributed by atoms with Crippen LogP contribution in [0.5, 0.6) is 0 Å². The van der Waals surface area contributed by atoms with E-state index in [2.05, 4.69) is 24.8 Å². The molecular weight excluding hydrogens is 475 g/mol. The Labute approximate surface area is 189 Å². The smallest absolute Gasteiger partial charge is 0.433 e. The molecule has 16 nitrogen and oxygen atoms in total. The van der Waals surface area contributed by atoms with E-state index in [9.17, 15) is 19.7 Å². The summed E-state index contributed by atoms with van der Waals surface area (Å²) in [5.74, 6) is -1.67. The molecule has 32 heavy (non-hydrogen) atoms. The molecule has 2 amide bonds. The Bertz CT molecular complexity index is 1070. The van der Waals surface area contributed by atoms with Gasteiger partial charge in [0.05, 0.1) is 18.8 Å². The molecule has 1 aliphatic heterocycles. The highest BCUT2D eigenvalue weighted by Crippen LogP contribution is 2.18. The topological polar surface area (TPSA) is 257 Å². The second kappa shape index (κ2) is 11.3. The summed E-state index contributed by atoms with van der Waals surface area (Å²) < 4.78 is 9.44. The number of aromatic nitrogens is 2. The van der Waals surface area contributed by atoms with Crippen LogP contribution in [0.2, 0.25) is 5.15 Å². The van der Waals surface area contributed by atoms with Gasteiger partial charge in [-0.05, 0) is 6.07 Å². The maximum atomic E-state index is 11.3. The first-order chi connectivity index (χ1) is 14.6. The fraction of sp³-hybridized carbons (Fsp3) is 0.143. The van der Waals surface area contributed by atoms with Crippen molar-refractivity contribution in [1.29, 1.82) is 0 Å². The molecule has 18 heteroatoms. The average molecular weight is 491 g/mol. The highest BCUT2D eigenvalue weighted by atomic mass is 35.5. The molecule has 172 valence electrons. The number of amides is 2. The van der Waals surface area contributed by atoms with Gasteiger partial charge in [0.1, 0.15) is 11.5 Å². The molecule has 0 saturated carbocycles. The number of hydrazone groups is 1. The van der Waals surface area contributed by atoms with Crippen LogP contribution in [0.1, 0.15) is 16.2 Å². The maximum Gasteiger partial charge on any atom is 0.433 e. The molecule has 2 aromatic heterocycles. The number of ether oxygens (including phenoxy) is 1. The third-order valence-corrected chi connectivity index (χ3v) is 3.47. The molecule has 0 radical (unpaired) electrons. The maximum absolute atomic E-state index is 11.3. The van der Waals surface area contributed by atoms with Gasteiger partial charge in [0.15, 0.2) is 34.2 Å². The molecule has 1 fully saturated rings. The highest BCUT2D eigenvalue weighted by molar-refractivity contribution is 6.31. The van der Waals surface area contributed by atoms with Gasteiger partial charge in [-0.25, -0.2) is 14.8 Å². The zero-order valence-corrected chi connectivity index (χ0v) is 17.4. The first-order valence-corrected chi connectivity index (χ1v) is 8.41. The third-order valence-electron chi connectivity index (χ3n) is 3.19. The monoisotopic (exact) mass is 490 g/mol. The lowest BCUT2D eigenvalue weighted by Gasteiger charge is -2.02. The van der Waals surface area contributed by atoms with E-state index in [0.29, 0.717) is 6.54 Å². The minimum atomic E-state index is -0.832. The van der Waals surface area contributed by atoms with E-state index in [1.54, 1.807) is 0 Å². The van der Waals surface area contributed by atoms with Crippen LogP contribution < -0.4 is 22.9 Å². The van der Waals surface area contributed by atoms with E-state index in [4.69, 9.17) is 39.0 Å². The van der Waals surface area contributed by atoms with Crippen molar-refractivity contribution in [3.05, 3.63) is 38.9 Å². The molecule has 1 saturated heterocycles. The van der Waals surface area contributed by atoms with Gasteiger partial charge in [0.2, 0.25) is 0 Å². The van der Waals surface area contributed by atoms with Crippen molar-refractivity contribution in [1.82, 2.24) is 15.0 Å². The number of cyclic esters (lactones) is 1. The average Bonchev–Trinajstić information content (AvgIpc) is 3.32. The highest BCUT2D eigenvalue weighted by Gasteiger charge is 2.21. The molecule has 0 spiro atoms. The Kier molecular flexibility index (Phi) is 9.11. The van der Waals surface area contributed by atoms with E-state index in [0.717, 1.165) is 5.01 Å². The molecule has 0 bridgehead atoms. The second-order valence-corrected chi connectivity index (χ2v) is 5.75. The number of nitrogens with zero attached hydrogens (tertiary/aromatic N) is 6. The molecule has 8 N–H and O–H groups in total. The van der Waals surface area contributed by atoms with E-state index in [-0.39, 0.29) is 53.1 Å². The van der Waals surface area contributed by atoms with Crippen molar-refractivity contribution in [2.45, 2.75) is 0 Å². The van der Waals surface area contributed by atoms with Gasteiger partial charge in [-0.3, -0.25) is 14.9 Å². The van der Waals surface area contributed by atoms with Gasteiger partial charge in [-0.2, -0.15) is 15.1 Å². The number of carbonyl (C=O) groups is 2. The van der Waals surface area contributed by atoms with Crippen LogP contribution in [-0.2, 0) is 4.74 Å². The normalized spacial score (nSPS) is 12.4. The Hall–Kier alpha value is -4.18. The lowest BCUT2D eigenvalue weighted by molar-refractivity contribution is -0.402. The zero-order valence-electron chi connectivity index (χ0n) is 15.9. The number of nitrogen functional groups attached to an aromatic ring is 2. The fourth-order valence-electron chi connectivity index (χ4n) is 1.90. The summed E-state index contributed by atoms with van der Waals surface area (Å²) >= 11 is 5.55. The lowest BCUT2D eigenvalue weighted by atomic mass is 10.4. The number of halogens is 2. The van der Waals surface area contributed by atoms with Crippen LogP contribution in [0.25, 0.3) is 0 Å². The Morgan fingerprint density at radius 3 is 2.50 bits per heavy atom. The van der Waals surface area contributed by atoms with Gasteiger partial charge in [-0.1, -0.05) is 11.6 Å². The van der Waals surface area contributed by atoms with E-state index < -0.39 is 22.9 Å². The number of aliphatic imine (C=N–C) groups is 1. The van der Waals surface area contributed by atoms with Crippen LogP contribution in [0.3, 0.4) is 0 Å². The van der Waals surface area contributed by atoms with Crippen LogP contribution >= 0.6 is 24.0 Å². The van der Waals surface area contributed by atoms with Crippen molar-refractivity contribution in [2.24, 2.45) is 21.6 Å². The van der Waals surface area contributed by atoms with Crippen molar-refractivity contribution in [3.63, 3.8) is 0 Å². The summed E-state index contributed by atoms with van der Waals surface area (Å²) in [7, 11) is 0. The Balaban J connectivity index is 0.000000311. The van der Waals surface area contributed by atoms with E-state index in [1.165, 1.54) is 18.3 Å². The van der Waals surface area contributed by atoms with Gasteiger partial charge in [0.25, 0.3) is 0 Å². The SMILES string of the molecule is Cl.NC(N)=NC(=O)c1nc(Cl)c(N)nc1N.O=C1OCCN1N=Cc1ccc([N+](=O)[O-])o1. The summed E-state index contributed by atoms with van der Waals surface area (Å²) in [6.07, 6.45) is 0.678. The molecule has 0 aliphatic carbocycles. The molecule has 2 aromatic rings. The number of nitrogens with two attached hydrogens (primary N) is 4. The van der Waals surface area contributed by atoms with E-state index in [1.807, 2.05) is 0 Å². The fourth-order valence-corrected chi connectivity index (χ4v) is 2.02. The van der Waals surface area contributed by atoms with Crippen molar-refractivity contribution in [2.75, 3.05) is 24.6 Å². The summed E-state index contributed by atoms with van der Waals surface area (Å²) in [4.78, 5) is 42.4. The van der Waals surface area contributed by atoms with E-state index >= 15 is 0 Å². The summed E-state index contributed by atoms with van der Waals surface area (Å²) in [6.45, 7) is 0.645. The predicted molar refractivity (Wildman–Crippen MR) is 114 cm³/mol. The van der Waals surface area contributed by atoms with Crippen molar-refractivity contribution >= 4 is 65.7 Å². The van der Waals surface area contributed by atoms with Crippen LogP contribution in [-0.4, -0.2) is 57.2 Å². The Morgan fingerprint density at radius 1 is 1.28 bits per heavy atom. The van der Waals surface area contributed by atoms with Crippen LogP contribution in [0.15, 0.2) is 26.6 Å². The third kappa shape index (κ3) is 6.96. The molecule has 3 heterocycles. The van der Waals surface area contributed by atoms with Gasteiger partial charge >= 0.3 is 17.9 Å². The largest absolute Gasteiger partial charge is 0.446 e. The standard InChI is InChI=1S/C8H7N3O5.C6H8ClN7O.ClH/c12-8-10(3-4-15-8)9-5-6-1-2-7(16-6)11(13)14;7-2-4(9)13-3(8)1(12-2)5(15)14-6(10)11;/h1-2,5H,3-4H2;(H4,8,9,13)(H4,10,11,14,15);1H. The lowest BCUT2D eigenvalue weighted by Crippen LogP contribution is -2.24. The first kappa shape index (κ1) is 25.9. The molecular formula is C14H16Cl2N10O6. The summed E-state index contributed by atoms with van der Waals surface area (Å²) in [5, 5.41) is 15.0. The number of anilines is 2. The number of furan rings is 1. The minimum Gasteiger partial charge on any atom is -0.446 e. The van der Waals surface area contributed by atoms with Crippen LogP contribution in [0.4, 0.5) is 22.3 Å². The van der Waals surface area contributed by atoms with Gasteiger partial charge in [0, 0.05) is 0 Å². The Morgan fingerprint density at radius 2 is 1.97 bits per heavy atom. The molecule has 0 unspecified atom stereocenters. The van der Waals surface area contributed by atoms with Crippen molar-refractivity contribution in [3.8, 4) is 0 Å². The van der Waals surface area contributed by atoms with Gasteiger partial charge < -0.3 is 32.1 Å². The number of hydrogen-bond acceptors (Lipinski definition) is 11. The number of rotatable bonds is 4. The predicted octanol–water partition coefficient (Wildman–Crippen LogP) is 0.104. The number of carbonyl (C=O) groups excluding carboxylic acids is 2. The number of hydrogen-bond donors (Lipinski definition) is 4. The minimum absolute atomic E-state index is 0. The number of guanidine groups is 1. The quantitative estimate of drug-likeness (QED) is 0.192. The van der Waals surface area contributed by atoms with Crippen LogP contribution in [0, 0.1) is 10.1 Å². The molecule has 0 aromatic carbocycles. The molecule has 3 rings (SSSR count). The van der Waals surface area contributed by atoms with Crippen molar-refractivity contribution < 1.29 is 23.7 Å². The molecule has 0 atom stereocenters.